The van der Waals surface area contributed by atoms with Crippen molar-refractivity contribution in [1.29, 1.82) is 0 Å². The summed E-state index contributed by atoms with van der Waals surface area (Å²) in [6.07, 6.45) is 6.30. The number of fused-ring (bicyclic) bond motifs is 1. The molecule has 1 saturated heterocycles. The molecule has 4 rings (SSSR count). The summed E-state index contributed by atoms with van der Waals surface area (Å²) in [6.45, 7) is 17.7. The van der Waals surface area contributed by atoms with Gasteiger partial charge in [0, 0.05) is 23.8 Å². The minimum atomic E-state index is -1.99. The van der Waals surface area contributed by atoms with E-state index in [1.165, 1.54) is 0 Å². The van der Waals surface area contributed by atoms with Crippen LogP contribution < -0.4 is 4.43 Å². The molecule has 3 atom stereocenters. The van der Waals surface area contributed by atoms with Crippen molar-refractivity contribution in [3.8, 4) is 17.0 Å². The van der Waals surface area contributed by atoms with Gasteiger partial charge in [-0.3, -0.25) is 4.68 Å². The third kappa shape index (κ3) is 7.29. The molecule has 1 fully saturated rings. The standard InChI is InChI=1S/C29H46N4O5Si/c1-21(34)22(2)36-17-16-35-15-13-32-20-23(19-30-32)28-25-18-24(38-39(6,7)29(3,4)5)11-12-26(25)33(31-28)27-10-8-9-14-37-27/h11-12,18-22,27,34H,8-10,13-17H2,1-7H3/t21-,22-,27?/m0/s1. The lowest BCUT2D eigenvalue weighted by molar-refractivity contribution is -0.0413. The molecule has 1 aliphatic rings. The van der Waals surface area contributed by atoms with E-state index in [0.717, 1.165) is 53.8 Å². The normalized spacial score (nSPS) is 18.4. The quantitative estimate of drug-likeness (QED) is 0.222. The van der Waals surface area contributed by atoms with Crippen molar-refractivity contribution in [1.82, 2.24) is 19.6 Å². The van der Waals surface area contributed by atoms with Gasteiger partial charge >= 0.3 is 0 Å². The van der Waals surface area contributed by atoms with E-state index in [9.17, 15) is 5.11 Å². The minimum absolute atomic E-state index is 0.0654. The third-order valence-electron chi connectivity index (χ3n) is 7.94. The Balaban J connectivity index is 1.52. The van der Waals surface area contributed by atoms with E-state index in [1.807, 2.05) is 28.7 Å². The van der Waals surface area contributed by atoms with Crippen molar-refractivity contribution in [3.05, 3.63) is 30.6 Å². The van der Waals surface area contributed by atoms with Gasteiger partial charge in [0.15, 0.2) is 6.23 Å². The number of aliphatic hydroxyl groups is 1. The number of hydrogen-bond acceptors (Lipinski definition) is 7. The molecule has 9 nitrogen and oxygen atoms in total. The van der Waals surface area contributed by atoms with Crippen LogP contribution in [-0.4, -0.2) is 71.6 Å². The number of aliphatic hydroxyl groups excluding tert-OH is 1. The van der Waals surface area contributed by atoms with Crippen LogP contribution in [0.1, 0.15) is 60.1 Å². The zero-order valence-corrected chi connectivity index (χ0v) is 25.6. The van der Waals surface area contributed by atoms with Gasteiger partial charge in [-0.2, -0.15) is 10.2 Å². The van der Waals surface area contributed by atoms with Gasteiger partial charge in [0.25, 0.3) is 0 Å². The molecule has 0 bridgehead atoms. The van der Waals surface area contributed by atoms with Crippen molar-refractivity contribution >= 4 is 19.2 Å². The Morgan fingerprint density at radius 3 is 2.64 bits per heavy atom. The first-order valence-electron chi connectivity index (χ1n) is 14.2. The van der Waals surface area contributed by atoms with Crippen molar-refractivity contribution < 1.29 is 23.7 Å². The first kappa shape index (κ1) is 29.7. The van der Waals surface area contributed by atoms with E-state index in [-0.39, 0.29) is 17.4 Å². The zero-order chi connectivity index (χ0) is 28.2. The van der Waals surface area contributed by atoms with Gasteiger partial charge in [-0.1, -0.05) is 20.8 Å². The van der Waals surface area contributed by atoms with Crippen LogP contribution in [0.4, 0.5) is 0 Å². The second-order valence-electron chi connectivity index (χ2n) is 12.1. The molecule has 1 aliphatic heterocycles. The molecule has 2 aromatic heterocycles. The van der Waals surface area contributed by atoms with Gasteiger partial charge < -0.3 is 23.7 Å². The lowest BCUT2D eigenvalue weighted by atomic mass is 10.1. The Morgan fingerprint density at radius 2 is 1.95 bits per heavy atom. The van der Waals surface area contributed by atoms with Crippen LogP contribution in [0.25, 0.3) is 22.2 Å². The SMILES string of the molecule is C[C@H](O)[C@H](C)OCCOCCn1cc(-c2nn(C3CCCCO3)c3ccc(O[Si](C)(C)C(C)(C)C)cc23)cn1. The number of hydrogen-bond donors (Lipinski definition) is 1. The maximum atomic E-state index is 9.51. The summed E-state index contributed by atoms with van der Waals surface area (Å²) >= 11 is 0. The molecule has 0 amide bonds. The Morgan fingerprint density at radius 1 is 1.15 bits per heavy atom. The van der Waals surface area contributed by atoms with Crippen molar-refractivity contribution in [3.63, 3.8) is 0 Å². The van der Waals surface area contributed by atoms with Gasteiger partial charge in [-0.15, -0.1) is 0 Å². The van der Waals surface area contributed by atoms with Crippen LogP contribution in [0.3, 0.4) is 0 Å². The van der Waals surface area contributed by atoms with Crippen LogP contribution in [0, 0.1) is 0 Å². The Kier molecular flexibility index (Phi) is 9.54. The van der Waals surface area contributed by atoms with Crippen LogP contribution in [-0.2, 0) is 20.8 Å². The molecule has 1 unspecified atom stereocenters. The van der Waals surface area contributed by atoms with Gasteiger partial charge in [0.1, 0.15) is 11.4 Å². The summed E-state index contributed by atoms with van der Waals surface area (Å²) in [5.74, 6) is 0.882. The molecule has 0 saturated carbocycles. The van der Waals surface area contributed by atoms with Crippen molar-refractivity contribution in [2.45, 2.75) is 97.0 Å². The van der Waals surface area contributed by atoms with Crippen LogP contribution in [0.2, 0.25) is 18.1 Å². The summed E-state index contributed by atoms with van der Waals surface area (Å²) in [7, 11) is -1.99. The van der Waals surface area contributed by atoms with Crippen molar-refractivity contribution in [2.75, 3.05) is 26.4 Å². The summed E-state index contributed by atoms with van der Waals surface area (Å²) in [6, 6.07) is 6.32. The number of aromatic nitrogens is 4. The largest absolute Gasteiger partial charge is 0.543 e. The second-order valence-corrected chi connectivity index (χ2v) is 16.8. The smallest absolute Gasteiger partial charge is 0.250 e. The van der Waals surface area contributed by atoms with Gasteiger partial charge in [0.05, 0.1) is 50.3 Å². The number of nitrogens with zero attached hydrogens (tertiary/aromatic N) is 4. The molecule has 3 heterocycles. The predicted molar refractivity (Wildman–Crippen MR) is 156 cm³/mol. The predicted octanol–water partition coefficient (Wildman–Crippen LogP) is 5.79. The average molecular weight is 559 g/mol. The Labute approximate surface area is 233 Å². The van der Waals surface area contributed by atoms with Crippen LogP contribution in [0.5, 0.6) is 5.75 Å². The monoisotopic (exact) mass is 558 g/mol. The summed E-state index contributed by atoms with van der Waals surface area (Å²) in [5, 5.41) is 20.3. The van der Waals surface area contributed by atoms with E-state index in [0.29, 0.717) is 26.4 Å². The molecule has 1 N–H and O–H groups in total. The molecule has 0 aliphatic carbocycles. The Hall–Kier alpha value is -2.24. The Bertz CT molecular complexity index is 1210. The highest BCUT2D eigenvalue weighted by Crippen LogP contribution is 2.39. The molecule has 0 radical (unpaired) electrons. The number of ether oxygens (including phenoxy) is 3. The van der Waals surface area contributed by atoms with E-state index in [2.05, 4.69) is 57.2 Å². The first-order valence-corrected chi connectivity index (χ1v) is 17.1. The number of rotatable bonds is 12. The number of benzene rings is 1. The summed E-state index contributed by atoms with van der Waals surface area (Å²) < 4.78 is 27.9. The second kappa shape index (κ2) is 12.5. The van der Waals surface area contributed by atoms with E-state index in [4.69, 9.17) is 23.7 Å². The van der Waals surface area contributed by atoms with Crippen LogP contribution in [0.15, 0.2) is 30.6 Å². The van der Waals surface area contributed by atoms with E-state index < -0.39 is 14.4 Å². The molecule has 10 heteroatoms. The van der Waals surface area contributed by atoms with Crippen molar-refractivity contribution in [2.24, 2.45) is 0 Å². The highest BCUT2D eigenvalue weighted by atomic mass is 28.4. The molecule has 1 aromatic carbocycles. The maximum Gasteiger partial charge on any atom is 0.250 e. The molecular formula is C29H46N4O5Si. The van der Waals surface area contributed by atoms with Gasteiger partial charge in [0.2, 0.25) is 8.32 Å². The van der Waals surface area contributed by atoms with Crippen LogP contribution >= 0.6 is 0 Å². The topological polar surface area (TPSA) is 92.8 Å². The fourth-order valence-corrected chi connectivity index (χ4v) is 5.30. The minimum Gasteiger partial charge on any atom is -0.543 e. The lowest BCUT2D eigenvalue weighted by Gasteiger charge is -2.36. The third-order valence-corrected chi connectivity index (χ3v) is 12.3. The highest BCUT2D eigenvalue weighted by Gasteiger charge is 2.39. The fourth-order valence-electron chi connectivity index (χ4n) is 4.28. The first-order chi connectivity index (χ1) is 18.5. The molecule has 39 heavy (non-hydrogen) atoms. The van der Waals surface area contributed by atoms with E-state index >= 15 is 0 Å². The van der Waals surface area contributed by atoms with Gasteiger partial charge in [-0.25, -0.2) is 4.68 Å². The molecule has 0 spiro atoms. The highest BCUT2D eigenvalue weighted by molar-refractivity contribution is 6.74. The zero-order valence-electron chi connectivity index (χ0n) is 24.6. The summed E-state index contributed by atoms with van der Waals surface area (Å²) in [4.78, 5) is 0. The average Bonchev–Trinajstić information content (AvgIpc) is 3.50. The molecule has 3 aromatic rings. The maximum absolute atomic E-state index is 9.51. The summed E-state index contributed by atoms with van der Waals surface area (Å²) in [5.41, 5.74) is 2.88. The molecular weight excluding hydrogens is 512 g/mol. The lowest BCUT2D eigenvalue weighted by Crippen LogP contribution is -2.43. The van der Waals surface area contributed by atoms with Gasteiger partial charge in [-0.05, 0) is 69.4 Å². The van der Waals surface area contributed by atoms with E-state index in [1.54, 1.807) is 6.92 Å². The molecule has 216 valence electrons. The fraction of sp³-hybridized carbons (Fsp3) is 0.655.